The highest BCUT2D eigenvalue weighted by molar-refractivity contribution is 7.18. The first kappa shape index (κ1) is 15.6. The Bertz CT molecular complexity index is 575. The second-order valence-corrected chi connectivity index (χ2v) is 6.28. The molecule has 0 radical (unpaired) electrons. The number of benzene rings is 1. The average molecular weight is 316 g/mol. The minimum Gasteiger partial charge on any atom is -0.319 e. The van der Waals surface area contributed by atoms with E-state index in [4.69, 9.17) is 0 Å². The van der Waals surface area contributed by atoms with Gasteiger partial charge in [0.15, 0.2) is 0 Å². The fourth-order valence-electron chi connectivity index (χ4n) is 2.72. The van der Waals surface area contributed by atoms with E-state index in [1.165, 1.54) is 12.5 Å². The summed E-state index contributed by atoms with van der Waals surface area (Å²) in [7, 11) is 2.00. The summed E-state index contributed by atoms with van der Waals surface area (Å²) in [6, 6.07) is 4.81. The summed E-state index contributed by atoms with van der Waals surface area (Å²) >= 11 is 1.60. The lowest BCUT2D eigenvalue weighted by molar-refractivity contribution is 0.315. The number of thiazole rings is 1. The molecule has 1 aromatic carbocycles. The number of aromatic nitrogens is 1. The van der Waals surface area contributed by atoms with Crippen LogP contribution >= 0.6 is 23.7 Å². The van der Waals surface area contributed by atoms with Crippen LogP contribution in [0.3, 0.4) is 0 Å². The van der Waals surface area contributed by atoms with Gasteiger partial charge in [-0.1, -0.05) is 0 Å². The first-order valence-corrected chi connectivity index (χ1v) is 7.48. The van der Waals surface area contributed by atoms with E-state index < -0.39 is 0 Å². The quantitative estimate of drug-likeness (QED) is 0.940. The maximum absolute atomic E-state index is 13.1. The maximum atomic E-state index is 13.1. The molecule has 1 aliphatic rings. The van der Waals surface area contributed by atoms with Gasteiger partial charge in [0.2, 0.25) is 0 Å². The molecule has 0 bridgehead atoms. The molecule has 2 aromatic rings. The molecule has 3 nitrogen and oxygen atoms in total. The van der Waals surface area contributed by atoms with E-state index in [1.807, 2.05) is 7.05 Å². The summed E-state index contributed by atoms with van der Waals surface area (Å²) in [6.45, 7) is 4.24. The van der Waals surface area contributed by atoms with Crippen molar-refractivity contribution < 1.29 is 4.39 Å². The van der Waals surface area contributed by atoms with Gasteiger partial charge in [0.1, 0.15) is 10.8 Å². The Kier molecular flexibility index (Phi) is 5.32. The van der Waals surface area contributed by atoms with E-state index in [9.17, 15) is 4.39 Å². The first-order chi connectivity index (χ1) is 9.24. The normalized spacial score (nSPS) is 19.4. The van der Waals surface area contributed by atoms with Crippen LogP contribution in [0.5, 0.6) is 0 Å². The number of nitrogens with one attached hydrogen (secondary N) is 1. The van der Waals surface area contributed by atoms with Gasteiger partial charge in [0.25, 0.3) is 0 Å². The number of hydrogen-bond donors (Lipinski definition) is 1. The minimum absolute atomic E-state index is 0. The summed E-state index contributed by atoms with van der Waals surface area (Å²) < 4.78 is 14.1. The molecule has 6 heteroatoms. The van der Waals surface area contributed by atoms with Crippen molar-refractivity contribution in [1.29, 1.82) is 0 Å². The van der Waals surface area contributed by atoms with E-state index in [2.05, 4.69) is 15.2 Å². The van der Waals surface area contributed by atoms with Crippen LogP contribution in [0.2, 0.25) is 0 Å². The molecule has 3 rings (SSSR count). The topological polar surface area (TPSA) is 28.2 Å². The minimum atomic E-state index is -0.182. The van der Waals surface area contributed by atoms with Crippen LogP contribution in [0, 0.1) is 11.7 Å². The highest BCUT2D eigenvalue weighted by Crippen LogP contribution is 2.25. The molecule has 1 fully saturated rings. The molecule has 20 heavy (non-hydrogen) atoms. The number of likely N-dealkylation sites (tertiary alicyclic amines) is 1. The predicted octanol–water partition coefficient (Wildman–Crippen LogP) is 2.90. The molecule has 1 aliphatic heterocycles. The van der Waals surface area contributed by atoms with Gasteiger partial charge in [-0.15, -0.1) is 23.7 Å². The van der Waals surface area contributed by atoms with E-state index in [-0.39, 0.29) is 18.2 Å². The Morgan fingerprint density at radius 2 is 2.35 bits per heavy atom. The van der Waals surface area contributed by atoms with Gasteiger partial charge in [-0.3, -0.25) is 4.90 Å². The van der Waals surface area contributed by atoms with Crippen LogP contribution < -0.4 is 5.32 Å². The van der Waals surface area contributed by atoms with Crippen LogP contribution in [0.25, 0.3) is 10.2 Å². The van der Waals surface area contributed by atoms with Crippen molar-refractivity contribution in [2.45, 2.75) is 13.0 Å². The Balaban J connectivity index is 0.00000147. The summed E-state index contributed by atoms with van der Waals surface area (Å²) in [6.07, 6.45) is 1.25. The lowest BCUT2D eigenvalue weighted by atomic mass is 10.1. The van der Waals surface area contributed by atoms with Crippen molar-refractivity contribution in [1.82, 2.24) is 15.2 Å². The second-order valence-electron chi connectivity index (χ2n) is 5.17. The fourth-order valence-corrected chi connectivity index (χ4v) is 3.75. The highest BCUT2D eigenvalue weighted by Gasteiger charge is 2.22. The van der Waals surface area contributed by atoms with Crippen molar-refractivity contribution in [3.8, 4) is 0 Å². The average Bonchev–Trinajstić information content (AvgIpc) is 2.96. The molecule has 1 aromatic heterocycles. The molecule has 1 atom stereocenters. The number of fused-ring (bicyclic) bond motifs is 1. The van der Waals surface area contributed by atoms with Gasteiger partial charge in [-0.2, -0.15) is 0 Å². The third kappa shape index (κ3) is 3.47. The smallest absolute Gasteiger partial charge is 0.124 e. The lowest BCUT2D eigenvalue weighted by Crippen LogP contribution is -2.24. The zero-order chi connectivity index (χ0) is 13.2. The largest absolute Gasteiger partial charge is 0.319 e. The fraction of sp³-hybridized carbons (Fsp3) is 0.500. The predicted molar refractivity (Wildman–Crippen MR) is 84.1 cm³/mol. The van der Waals surface area contributed by atoms with Crippen molar-refractivity contribution in [2.75, 3.05) is 26.7 Å². The van der Waals surface area contributed by atoms with Gasteiger partial charge >= 0.3 is 0 Å². The van der Waals surface area contributed by atoms with Gasteiger partial charge in [-0.25, -0.2) is 9.37 Å². The van der Waals surface area contributed by atoms with Gasteiger partial charge in [-0.05, 0) is 50.7 Å². The molecule has 1 unspecified atom stereocenters. The molecule has 0 amide bonds. The van der Waals surface area contributed by atoms with Gasteiger partial charge in [0.05, 0.1) is 16.8 Å². The van der Waals surface area contributed by atoms with Crippen molar-refractivity contribution in [3.63, 3.8) is 0 Å². The molecule has 1 N–H and O–H groups in total. The van der Waals surface area contributed by atoms with E-state index >= 15 is 0 Å². The zero-order valence-corrected chi connectivity index (χ0v) is 13.1. The zero-order valence-electron chi connectivity index (χ0n) is 11.4. The van der Waals surface area contributed by atoms with E-state index in [0.717, 1.165) is 47.3 Å². The maximum Gasteiger partial charge on any atom is 0.124 e. The number of halogens is 2. The molecular weight excluding hydrogens is 297 g/mol. The highest BCUT2D eigenvalue weighted by atomic mass is 35.5. The Hall–Kier alpha value is -0.750. The van der Waals surface area contributed by atoms with E-state index in [0.29, 0.717) is 0 Å². The molecule has 1 saturated heterocycles. The van der Waals surface area contributed by atoms with Crippen molar-refractivity contribution >= 4 is 34.0 Å². The molecular formula is C14H19ClFN3S. The number of hydrogen-bond acceptors (Lipinski definition) is 4. The van der Waals surface area contributed by atoms with Crippen LogP contribution in [0.4, 0.5) is 4.39 Å². The van der Waals surface area contributed by atoms with Crippen molar-refractivity contribution in [2.24, 2.45) is 5.92 Å². The molecule has 0 spiro atoms. The summed E-state index contributed by atoms with van der Waals surface area (Å²) in [5, 5.41) is 4.33. The Morgan fingerprint density at radius 3 is 3.15 bits per heavy atom. The molecule has 110 valence electrons. The monoisotopic (exact) mass is 315 g/mol. The standard InChI is InChI=1S/C14H18FN3S.ClH/c1-16-7-10-4-5-18(8-10)9-14-17-12-3-2-11(15)6-13(12)19-14;/h2-3,6,10,16H,4-5,7-9H2,1H3;1H. The Morgan fingerprint density at radius 1 is 1.50 bits per heavy atom. The molecule has 0 saturated carbocycles. The van der Waals surface area contributed by atoms with Crippen LogP contribution in [-0.4, -0.2) is 36.6 Å². The third-order valence-corrected chi connectivity index (χ3v) is 4.62. The summed E-state index contributed by atoms with van der Waals surface area (Å²) in [5.41, 5.74) is 0.910. The van der Waals surface area contributed by atoms with E-state index in [1.54, 1.807) is 23.5 Å². The first-order valence-electron chi connectivity index (χ1n) is 6.66. The summed E-state index contributed by atoms with van der Waals surface area (Å²) in [5.74, 6) is 0.565. The second kappa shape index (κ2) is 6.80. The van der Waals surface area contributed by atoms with Crippen LogP contribution in [-0.2, 0) is 6.54 Å². The van der Waals surface area contributed by atoms with Crippen molar-refractivity contribution in [3.05, 3.63) is 29.0 Å². The number of rotatable bonds is 4. The Labute approximate surface area is 128 Å². The molecule has 0 aliphatic carbocycles. The van der Waals surface area contributed by atoms with Gasteiger partial charge in [0, 0.05) is 6.54 Å². The SMILES string of the molecule is CNCC1CCN(Cc2nc3ccc(F)cc3s2)C1.Cl. The lowest BCUT2D eigenvalue weighted by Gasteiger charge is -2.13. The third-order valence-electron chi connectivity index (χ3n) is 3.62. The molecule has 2 heterocycles. The van der Waals surface area contributed by atoms with Crippen LogP contribution in [0.15, 0.2) is 18.2 Å². The summed E-state index contributed by atoms with van der Waals surface area (Å²) in [4.78, 5) is 7.02. The number of nitrogens with zero attached hydrogens (tertiary/aromatic N) is 2. The van der Waals surface area contributed by atoms with Crippen LogP contribution in [0.1, 0.15) is 11.4 Å². The van der Waals surface area contributed by atoms with Gasteiger partial charge < -0.3 is 5.32 Å².